The van der Waals surface area contributed by atoms with E-state index in [1.165, 1.54) is 38.1 Å². The van der Waals surface area contributed by atoms with Crippen LogP contribution in [0.5, 0.6) is 0 Å². The summed E-state index contributed by atoms with van der Waals surface area (Å²) in [7, 11) is 0. The van der Waals surface area contributed by atoms with E-state index in [1.807, 2.05) is 0 Å². The van der Waals surface area contributed by atoms with E-state index in [2.05, 4.69) is 10.2 Å². The number of carbonyl (C=O) groups excluding carboxylic acids is 1. The summed E-state index contributed by atoms with van der Waals surface area (Å²) in [5.41, 5.74) is 0.467. The molecule has 30 heavy (non-hydrogen) atoms. The number of carboxylic acid groups (broad SMARTS) is 1. The van der Waals surface area contributed by atoms with E-state index in [4.69, 9.17) is 33.0 Å². The number of halogens is 2. The van der Waals surface area contributed by atoms with Gasteiger partial charge in [0.05, 0.1) is 31.1 Å². The molecule has 0 spiro atoms. The van der Waals surface area contributed by atoms with E-state index in [9.17, 15) is 9.59 Å². The first-order valence-corrected chi connectivity index (χ1v) is 11.1. The molecular weight excluding hydrogens is 431 g/mol. The predicted molar refractivity (Wildman–Crippen MR) is 112 cm³/mol. The summed E-state index contributed by atoms with van der Waals surface area (Å²) in [6.45, 7) is 2.12. The van der Waals surface area contributed by atoms with Crippen LogP contribution in [0.2, 0.25) is 10.3 Å². The predicted octanol–water partition coefficient (Wildman–Crippen LogP) is 5.18. The molecule has 164 valence electrons. The zero-order chi connectivity index (χ0) is 21.7. The van der Waals surface area contributed by atoms with Crippen molar-refractivity contribution in [1.29, 1.82) is 0 Å². The van der Waals surface area contributed by atoms with Crippen LogP contribution in [-0.4, -0.2) is 43.2 Å². The van der Waals surface area contributed by atoms with Crippen LogP contribution in [0.15, 0.2) is 12.4 Å². The number of ether oxygens (including phenoxy) is 1. The molecule has 2 aromatic rings. The van der Waals surface area contributed by atoms with Gasteiger partial charge in [-0.25, -0.2) is 9.59 Å². The van der Waals surface area contributed by atoms with Crippen molar-refractivity contribution in [3.8, 4) is 0 Å². The van der Waals surface area contributed by atoms with Gasteiger partial charge in [-0.15, -0.1) is 0 Å². The number of carbonyl (C=O) groups is 2. The lowest BCUT2D eigenvalue weighted by Crippen LogP contribution is -2.08. The Morgan fingerprint density at radius 3 is 1.80 bits per heavy atom. The highest BCUT2D eigenvalue weighted by Gasteiger charge is 2.24. The number of carboxylic acids is 1. The van der Waals surface area contributed by atoms with Gasteiger partial charge >= 0.3 is 11.9 Å². The highest BCUT2D eigenvalue weighted by molar-refractivity contribution is 6.32. The maximum absolute atomic E-state index is 11.5. The van der Waals surface area contributed by atoms with Gasteiger partial charge in [-0.3, -0.25) is 9.36 Å². The molecule has 10 heteroatoms. The van der Waals surface area contributed by atoms with Gasteiger partial charge in [0.15, 0.2) is 0 Å². The van der Waals surface area contributed by atoms with Gasteiger partial charge in [0.25, 0.3) is 0 Å². The Balaban J connectivity index is 0.000000172. The lowest BCUT2D eigenvalue weighted by Gasteiger charge is -2.10. The molecule has 2 aliphatic carbocycles. The second-order valence-electron chi connectivity index (χ2n) is 7.49. The van der Waals surface area contributed by atoms with E-state index in [0.717, 1.165) is 25.7 Å². The van der Waals surface area contributed by atoms with Crippen molar-refractivity contribution in [2.24, 2.45) is 0 Å². The minimum atomic E-state index is -1.01. The molecular formula is C20H26Cl2N4O4. The highest BCUT2D eigenvalue weighted by Crippen LogP contribution is 2.33. The summed E-state index contributed by atoms with van der Waals surface area (Å²) in [5.74, 6) is -1.41. The van der Waals surface area contributed by atoms with Crippen molar-refractivity contribution in [2.75, 3.05) is 6.61 Å². The van der Waals surface area contributed by atoms with Crippen LogP contribution < -0.4 is 0 Å². The Morgan fingerprint density at radius 2 is 1.40 bits per heavy atom. The molecule has 2 aromatic heterocycles. The first kappa shape index (κ1) is 22.6. The van der Waals surface area contributed by atoms with Crippen molar-refractivity contribution in [2.45, 2.75) is 70.4 Å². The van der Waals surface area contributed by atoms with Crippen molar-refractivity contribution < 1.29 is 19.4 Å². The van der Waals surface area contributed by atoms with Gasteiger partial charge < -0.3 is 9.84 Å². The van der Waals surface area contributed by atoms with Gasteiger partial charge in [0.2, 0.25) is 0 Å². The van der Waals surface area contributed by atoms with E-state index in [-0.39, 0.29) is 16.8 Å². The second kappa shape index (κ2) is 10.3. The normalized spacial score (nSPS) is 17.0. The van der Waals surface area contributed by atoms with Crippen molar-refractivity contribution in [3.05, 3.63) is 33.8 Å². The van der Waals surface area contributed by atoms with E-state index in [0.29, 0.717) is 23.4 Å². The maximum atomic E-state index is 11.5. The molecule has 8 nitrogen and oxygen atoms in total. The van der Waals surface area contributed by atoms with Crippen LogP contribution in [0.25, 0.3) is 0 Å². The average Bonchev–Trinajstić information content (AvgIpc) is 3.49. The molecule has 0 atom stereocenters. The quantitative estimate of drug-likeness (QED) is 0.622. The largest absolute Gasteiger partial charge is 0.478 e. The van der Waals surface area contributed by atoms with Crippen LogP contribution in [-0.2, 0) is 4.74 Å². The van der Waals surface area contributed by atoms with Crippen LogP contribution in [0.3, 0.4) is 0 Å². The minimum Gasteiger partial charge on any atom is -0.478 e. The zero-order valence-electron chi connectivity index (χ0n) is 16.9. The zero-order valence-corrected chi connectivity index (χ0v) is 18.4. The molecule has 0 amide bonds. The molecule has 2 fully saturated rings. The van der Waals surface area contributed by atoms with Crippen molar-refractivity contribution in [1.82, 2.24) is 19.6 Å². The molecule has 0 saturated heterocycles. The number of aromatic nitrogens is 4. The topological polar surface area (TPSA) is 99.2 Å². The average molecular weight is 457 g/mol. The van der Waals surface area contributed by atoms with Gasteiger partial charge in [0.1, 0.15) is 21.4 Å². The monoisotopic (exact) mass is 456 g/mol. The number of aromatic carboxylic acids is 1. The fraction of sp³-hybridized carbons (Fsp3) is 0.600. The molecule has 0 unspecified atom stereocenters. The third-order valence-corrected chi connectivity index (χ3v) is 6.29. The molecule has 0 bridgehead atoms. The standard InChI is InChI=1S/C11H15ClN2O2.C9H11ClN2O2/c1-2-16-11(15)9-7-13-14(10(9)12)8-5-3-4-6-8;10-8-7(9(13)14)5-11-12(8)6-3-1-2-4-6/h7-8H,2-6H2,1H3;5-6H,1-4H2,(H,13,14). The van der Waals surface area contributed by atoms with Crippen LogP contribution in [0, 0.1) is 0 Å². The summed E-state index contributed by atoms with van der Waals surface area (Å²) in [5, 5.41) is 17.7. The fourth-order valence-electron chi connectivity index (χ4n) is 3.99. The number of esters is 1. The molecule has 0 radical (unpaired) electrons. The van der Waals surface area contributed by atoms with Crippen LogP contribution in [0.4, 0.5) is 0 Å². The van der Waals surface area contributed by atoms with Crippen molar-refractivity contribution in [3.63, 3.8) is 0 Å². The summed E-state index contributed by atoms with van der Waals surface area (Å²) < 4.78 is 8.30. The molecule has 4 rings (SSSR count). The van der Waals surface area contributed by atoms with E-state index >= 15 is 0 Å². The van der Waals surface area contributed by atoms with Crippen LogP contribution >= 0.6 is 23.2 Å². The van der Waals surface area contributed by atoms with Gasteiger partial charge in [-0.1, -0.05) is 48.9 Å². The minimum absolute atomic E-state index is 0.0959. The SMILES string of the molecule is CCOC(=O)c1cnn(C2CCCC2)c1Cl.O=C(O)c1cnn(C2CCCC2)c1Cl. The van der Waals surface area contributed by atoms with Crippen LogP contribution in [0.1, 0.15) is 91.1 Å². The van der Waals surface area contributed by atoms with Gasteiger partial charge in [-0.05, 0) is 32.6 Å². The Bertz CT molecular complexity index is 883. The molecule has 0 aliphatic heterocycles. The molecule has 0 aromatic carbocycles. The summed E-state index contributed by atoms with van der Waals surface area (Å²) in [6, 6.07) is 0.631. The van der Waals surface area contributed by atoms with Gasteiger partial charge in [0, 0.05) is 0 Å². The number of hydrogen-bond acceptors (Lipinski definition) is 5. The third kappa shape index (κ3) is 4.98. The Morgan fingerprint density at radius 1 is 0.967 bits per heavy atom. The van der Waals surface area contributed by atoms with E-state index < -0.39 is 11.9 Å². The molecule has 2 saturated carbocycles. The first-order chi connectivity index (χ1) is 14.4. The van der Waals surface area contributed by atoms with Gasteiger partial charge in [-0.2, -0.15) is 10.2 Å². The first-order valence-electron chi connectivity index (χ1n) is 10.3. The lowest BCUT2D eigenvalue weighted by molar-refractivity contribution is 0.0526. The molecule has 2 heterocycles. The number of nitrogens with zero attached hydrogens (tertiary/aromatic N) is 4. The van der Waals surface area contributed by atoms with E-state index in [1.54, 1.807) is 16.3 Å². The number of rotatable bonds is 5. The van der Waals surface area contributed by atoms with Crippen molar-refractivity contribution >= 4 is 35.1 Å². The molecule has 2 aliphatic rings. The number of hydrogen-bond donors (Lipinski definition) is 1. The lowest BCUT2D eigenvalue weighted by atomic mass is 10.2. The molecule has 1 N–H and O–H groups in total. The third-order valence-electron chi connectivity index (χ3n) is 5.54. The fourth-order valence-corrected chi connectivity index (χ4v) is 4.61. The Labute approximate surface area is 185 Å². The maximum Gasteiger partial charge on any atom is 0.342 e. The smallest absolute Gasteiger partial charge is 0.342 e. The second-order valence-corrected chi connectivity index (χ2v) is 8.21. The Hall–Kier alpha value is -2.06. The highest BCUT2D eigenvalue weighted by atomic mass is 35.5. The summed E-state index contributed by atoms with van der Waals surface area (Å²) in [6.07, 6.45) is 11.8. The summed E-state index contributed by atoms with van der Waals surface area (Å²) >= 11 is 12.1. The Kier molecular flexibility index (Phi) is 7.77. The summed E-state index contributed by atoms with van der Waals surface area (Å²) in [4.78, 5) is 22.2.